The van der Waals surface area contributed by atoms with Crippen LogP contribution in [0.4, 0.5) is 13.2 Å². The average molecular weight is 388 g/mol. The van der Waals surface area contributed by atoms with Gasteiger partial charge in [0.15, 0.2) is 9.84 Å². The molecule has 0 aliphatic carbocycles. The Balaban J connectivity index is 1.89. The summed E-state index contributed by atoms with van der Waals surface area (Å²) < 4.78 is 71.8. The quantitative estimate of drug-likeness (QED) is 0.808. The van der Waals surface area contributed by atoms with Crippen molar-refractivity contribution in [2.24, 2.45) is 7.05 Å². The number of sulfone groups is 1. The van der Waals surface area contributed by atoms with Crippen LogP contribution in [0.1, 0.15) is 35.9 Å². The van der Waals surface area contributed by atoms with Gasteiger partial charge in [-0.1, -0.05) is 6.07 Å². The fourth-order valence-corrected chi connectivity index (χ4v) is 5.01. The molecule has 142 valence electrons. The van der Waals surface area contributed by atoms with Crippen molar-refractivity contribution in [3.05, 3.63) is 47.3 Å². The van der Waals surface area contributed by atoms with Crippen molar-refractivity contribution in [2.45, 2.75) is 42.2 Å². The summed E-state index contributed by atoms with van der Waals surface area (Å²) in [5, 5.41) is 3.43. The second kappa shape index (κ2) is 6.70. The third-order valence-electron chi connectivity index (χ3n) is 4.53. The summed E-state index contributed by atoms with van der Waals surface area (Å²) in [5.74, 6) is 0. The molecule has 0 radical (unpaired) electrons. The summed E-state index contributed by atoms with van der Waals surface area (Å²) in [4.78, 5) is -0.306. The molecule has 1 aliphatic rings. The maximum atomic E-state index is 12.9. The Morgan fingerprint density at radius 2 is 2.00 bits per heavy atom. The highest BCUT2D eigenvalue weighted by atomic mass is 32.2. The highest BCUT2D eigenvalue weighted by Gasteiger charge is 2.37. The van der Waals surface area contributed by atoms with Crippen LogP contribution in [0.15, 0.2) is 35.2 Å². The molecule has 26 heavy (non-hydrogen) atoms. The van der Waals surface area contributed by atoms with Crippen LogP contribution in [0, 0.1) is 6.92 Å². The maximum absolute atomic E-state index is 12.9. The molecule has 2 aromatic rings. The third-order valence-corrected chi connectivity index (χ3v) is 6.75. The lowest BCUT2D eigenvalue weighted by Crippen LogP contribution is -2.31. The Hall–Kier alpha value is -1.87. The van der Waals surface area contributed by atoms with E-state index in [0.29, 0.717) is 6.07 Å². The van der Waals surface area contributed by atoms with Gasteiger partial charge in [0.1, 0.15) is 6.10 Å². The van der Waals surface area contributed by atoms with Gasteiger partial charge in [0.2, 0.25) is 0 Å². The SMILES string of the molecule is Cc1cc(C2CC(S(=O)(=O)c3cccc(C(F)(F)F)c3)CCO2)n(C)n1. The minimum absolute atomic E-state index is 0.178. The van der Waals surface area contributed by atoms with Crippen LogP contribution in [0.3, 0.4) is 0 Å². The summed E-state index contributed by atoms with van der Waals surface area (Å²) in [6.45, 7) is 2.04. The van der Waals surface area contributed by atoms with Crippen molar-refractivity contribution >= 4 is 9.84 Å². The lowest BCUT2D eigenvalue weighted by atomic mass is 10.1. The largest absolute Gasteiger partial charge is 0.416 e. The molecular formula is C17H19F3N2O3S. The van der Waals surface area contributed by atoms with E-state index < -0.39 is 32.9 Å². The zero-order valence-electron chi connectivity index (χ0n) is 14.3. The zero-order valence-corrected chi connectivity index (χ0v) is 15.1. The van der Waals surface area contributed by atoms with Crippen molar-refractivity contribution in [3.63, 3.8) is 0 Å². The van der Waals surface area contributed by atoms with Gasteiger partial charge in [0.05, 0.1) is 27.1 Å². The molecule has 1 fully saturated rings. The summed E-state index contributed by atoms with van der Waals surface area (Å²) in [6.07, 6.45) is -4.63. The molecule has 9 heteroatoms. The Morgan fingerprint density at radius 3 is 2.62 bits per heavy atom. The summed E-state index contributed by atoms with van der Waals surface area (Å²) in [5.41, 5.74) is 0.574. The Labute approximate surface area is 149 Å². The van der Waals surface area contributed by atoms with E-state index in [9.17, 15) is 21.6 Å². The van der Waals surface area contributed by atoms with Gasteiger partial charge in [-0.05, 0) is 44.0 Å². The van der Waals surface area contributed by atoms with E-state index in [4.69, 9.17) is 4.74 Å². The van der Waals surface area contributed by atoms with E-state index in [1.165, 1.54) is 6.07 Å². The number of aryl methyl sites for hydroxylation is 2. The summed E-state index contributed by atoms with van der Waals surface area (Å²) >= 11 is 0. The molecule has 0 spiro atoms. The van der Waals surface area contributed by atoms with Crippen molar-refractivity contribution in [1.29, 1.82) is 0 Å². The average Bonchev–Trinajstić information content (AvgIpc) is 2.93. The van der Waals surface area contributed by atoms with Crippen LogP contribution < -0.4 is 0 Å². The van der Waals surface area contributed by atoms with Crippen molar-refractivity contribution < 1.29 is 26.3 Å². The van der Waals surface area contributed by atoms with Gasteiger partial charge in [-0.25, -0.2) is 8.42 Å². The molecular weight excluding hydrogens is 369 g/mol. The first kappa shape index (κ1) is 18.9. The van der Waals surface area contributed by atoms with Gasteiger partial charge in [-0.2, -0.15) is 18.3 Å². The Kier molecular flexibility index (Phi) is 4.87. The first-order valence-electron chi connectivity index (χ1n) is 8.12. The first-order chi connectivity index (χ1) is 12.1. The van der Waals surface area contributed by atoms with Crippen LogP contribution in [-0.4, -0.2) is 30.1 Å². The number of ether oxygens (including phenoxy) is 1. The molecule has 0 saturated carbocycles. The molecule has 2 heterocycles. The molecule has 0 N–H and O–H groups in total. The smallest absolute Gasteiger partial charge is 0.372 e. The molecule has 3 rings (SSSR count). The highest BCUT2D eigenvalue weighted by Crippen LogP contribution is 2.36. The number of halogens is 3. The van der Waals surface area contributed by atoms with E-state index in [1.807, 2.05) is 13.0 Å². The standard InChI is InChI=1S/C17H19F3N2O3S/c1-11-8-15(22(2)21-11)16-10-14(6-7-25-16)26(23,24)13-5-3-4-12(9-13)17(18,19)20/h3-5,8-9,14,16H,6-7,10H2,1-2H3. The molecule has 0 bridgehead atoms. The van der Waals surface area contributed by atoms with Crippen molar-refractivity contribution in [1.82, 2.24) is 9.78 Å². The van der Waals surface area contributed by atoms with Gasteiger partial charge in [0.25, 0.3) is 0 Å². The molecule has 1 aliphatic heterocycles. The fourth-order valence-electron chi connectivity index (χ4n) is 3.23. The molecule has 5 nitrogen and oxygen atoms in total. The topological polar surface area (TPSA) is 61.2 Å². The molecule has 2 unspecified atom stereocenters. The minimum Gasteiger partial charge on any atom is -0.372 e. The van der Waals surface area contributed by atoms with Gasteiger partial charge >= 0.3 is 6.18 Å². The van der Waals surface area contributed by atoms with Crippen LogP contribution in [0.25, 0.3) is 0 Å². The minimum atomic E-state index is -4.59. The van der Waals surface area contributed by atoms with E-state index >= 15 is 0 Å². The molecule has 0 amide bonds. The second-order valence-electron chi connectivity index (χ2n) is 6.41. The van der Waals surface area contributed by atoms with E-state index in [2.05, 4.69) is 5.10 Å². The van der Waals surface area contributed by atoms with E-state index in [-0.39, 0.29) is 24.3 Å². The zero-order chi connectivity index (χ0) is 19.1. The molecule has 1 saturated heterocycles. The number of alkyl halides is 3. The van der Waals surface area contributed by atoms with Crippen molar-refractivity contribution in [2.75, 3.05) is 6.61 Å². The lowest BCUT2D eigenvalue weighted by Gasteiger charge is -2.29. The predicted octanol–water partition coefficient (Wildman–Crippen LogP) is 3.44. The predicted molar refractivity (Wildman–Crippen MR) is 88.3 cm³/mol. The number of aromatic nitrogens is 2. The summed E-state index contributed by atoms with van der Waals surface area (Å²) in [6, 6.07) is 5.72. The maximum Gasteiger partial charge on any atom is 0.416 e. The Bertz CT molecular complexity index is 906. The van der Waals surface area contributed by atoms with Crippen LogP contribution >= 0.6 is 0 Å². The first-order valence-corrected chi connectivity index (χ1v) is 9.67. The number of nitrogens with zero attached hydrogens (tertiary/aromatic N) is 2. The van der Waals surface area contributed by atoms with E-state index in [0.717, 1.165) is 23.5 Å². The summed E-state index contributed by atoms with van der Waals surface area (Å²) in [7, 11) is -2.15. The molecule has 2 atom stereocenters. The Morgan fingerprint density at radius 1 is 1.27 bits per heavy atom. The van der Waals surface area contributed by atoms with Gasteiger partial charge in [-0.15, -0.1) is 0 Å². The number of hydrogen-bond donors (Lipinski definition) is 0. The third kappa shape index (κ3) is 3.64. The van der Waals surface area contributed by atoms with Gasteiger partial charge in [-0.3, -0.25) is 4.68 Å². The van der Waals surface area contributed by atoms with Crippen LogP contribution in [0.2, 0.25) is 0 Å². The number of benzene rings is 1. The fraction of sp³-hybridized carbons (Fsp3) is 0.471. The molecule has 1 aromatic heterocycles. The van der Waals surface area contributed by atoms with Gasteiger partial charge in [0, 0.05) is 13.7 Å². The second-order valence-corrected chi connectivity index (χ2v) is 8.64. The van der Waals surface area contributed by atoms with Gasteiger partial charge < -0.3 is 4.74 Å². The normalized spacial score (nSPS) is 21.7. The number of rotatable bonds is 3. The van der Waals surface area contributed by atoms with Crippen LogP contribution in [-0.2, 0) is 27.8 Å². The van der Waals surface area contributed by atoms with E-state index in [1.54, 1.807) is 11.7 Å². The lowest BCUT2D eigenvalue weighted by molar-refractivity contribution is -0.137. The number of hydrogen-bond acceptors (Lipinski definition) is 4. The monoisotopic (exact) mass is 388 g/mol. The highest BCUT2D eigenvalue weighted by molar-refractivity contribution is 7.92. The molecule has 1 aromatic carbocycles. The van der Waals surface area contributed by atoms with Crippen LogP contribution in [0.5, 0.6) is 0 Å². The van der Waals surface area contributed by atoms with Crippen molar-refractivity contribution in [3.8, 4) is 0 Å².